The Hall–Kier alpha value is -3.07. The predicted octanol–water partition coefficient (Wildman–Crippen LogP) is 4.87. The van der Waals surface area contributed by atoms with Crippen LogP contribution in [-0.2, 0) is 7.05 Å². The average Bonchev–Trinajstić information content (AvgIpc) is 3.18. The van der Waals surface area contributed by atoms with Gasteiger partial charge in [0, 0.05) is 41.2 Å². The van der Waals surface area contributed by atoms with Crippen molar-refractivity contribution < 1.29 is 0 Å². The summed E-state index contributed by atoms with van der Waals surface area (Å²) in [5, 5.41) is 3.77. The molecule has 0 amide bonds. The number of benzene rings is 2. The molecule has 0 saturated heterocycles. The lowest BCUT2D eigenvalue weighted by atomic mass is 10.0. The van der Waals surface area contributed by atoms with Gasteiger partial charge >= 0.3 is 0 Å². The van der Waals surface area contributed by atoms with Crippen LogP contribution >= 0.6 is 0 Å². The molecule has 3 nitrogen and oxygen atoms in total. The summed E-state index contributed by atoms with van der Waals surface area (Å²) in [6.07, 6.45) is 5.77. The second kappa shape index (κ2) is 4.46. The monoisotopic (exact) mass is 297 g/mol. The van der Waals surface area contributed by atoms with E-state index in [0.29, 0.717) is 0 Å². The normalized spacial score (nSPS) is 11.7. The summed E-state index contributed by atoms with van der Waals surface area (Å²) >= 11 is 0. The Bertz CT molecular complexity index is 1180. The summed E-state index contributed by atoms with van der Waals surface area (Å²) in [5.41, 5.74) is 6.06. The SMILES string of the molecule is Cn1c2ccc(-c3ccc4[nH]ccc4c3)cc2c2ccncc21. The highest BCUT2D eigenvalue weighted by Crippen LogP contribution is 2.32. The topological polar surface area (TPSA) is 33.6 Å². The van der Waals surface area contributed by atoms with Crippen LogP contribution in [0.15, 0.2) is 67.1 Å². The molecule has 110 valence electrons. The fraction of sp³-hybridized carbons (Fsp3) is 0.0500. The zero-order chi connectivity index (χ0) is 15.4. The van der Waals surface area contributed by atoms with Gasteiger partial charge in [-0.1, -0.05) is 12.1 Å². The molecule has 0 fully saturated rings. The number of rotatable bonds is 1. The zero-order valence-electron chi connectivity index (χ0n) is 12.7. The lowest BCUT2D eigenvalue weighted by molar-refractivity contribution is 1.01. The summed E-state index contributed by atoms with van der Waals surface area (Å²) in [6, 6.07) is 17.4. The predicted molar refractivity (Wildman–Crippen MR) is 95.5 cm³/mol. The second-order valence-electron chi connectivity index (χ2n) is 5.96. The number of aryl methyl sites for hydroxylation is 1. The van der Waals surface area contributed by atoms with Crippen molar-refractivity contribution >= 4 is 32.7 Å². The highest BCUT2D eigenvalue weighted by atomic mass is 14.9. The average molecular weight is 297 g/mol. The Morgan fingerprint density at radius 2 is 1.74 bits per heavy atom. The van der Waals surface area contributed by atoms with Gasteiger partial charge < -0.3 is 9.55 Å². The van der Waals surface area contributed by atoms with E-state index in [1.165, 1.54) is 43.8 Å². The highest BCUT2D eigenvalue weighted by molar-refractivity contribution is 6.09. The van der Waals surface area contributed by atoms with Gasteiger partial charge in [-0.2, -0.15) is 0 Å². The summed E-state index contributed by atoms with van der Waals surface area (Å²) in [7, 11) is 2.10. The van der Waals surface area contributed by atoms with Gasteiger partial charge in [-0.25, -0.2) is 0 Å². The van der Waals surface area contributed by atoms with Crippen LogP contribution in [0.25, 0.3) is 43.8 Å². The number of fused-ring (bicyclic) bond motifs is 4. The van der Waals surface area contributed by atoms with Crippen molar-refractivity contribution in [3.63, 3.8) is 0 Å². The van der Waals surface area contributed by atoms with Crippen molar-refractivity contribution in [3.8, 4) is 11.1 Å². The van der Waals surface area contributed by atoms with Crippen molar-refractivity contribution in [1.29, 1.82) is 0 Å². The van der Waals surface area contributed by atoms with Crippen molar-refractivity contribution in [2.24, 2.45) is 7.05 Å². The van der Waals surface area contributed by atoms with E-state index in [-0.39, 0.29) is 0 Å². The molecule has 5 aromatic rings. The van der Waals surface area contributed by atoms with Gasteiger partial charge in [0.2, 0.25) is 0 Å². The maximum absolute atomic E-state index is 4.25. The summed E-state index contributed by atoms with van der Waals surface area (Å²) in [5.74, 6) is 0. The molecule has 0 radical (unpaired) electrons. The number of aromatic amines is 1. The fourth-order valence-electron chi connectivity index (χ4n) is 3.47. The number of hydrogen-bond donors (Lipinski definition) is 1. The Labute approximate surface area is 133 Å². The molecule has 3 heteroatoms. The van der Waals surface area contributed by atoms with E-state index < -0.39 is 0 Å². The molecule has 0 bridgehead atoms. The summed E-state index contributed by atoms with van der Waals surface area (Å²) in [6.45, 7) is 0. The van der Waals surface area contributed by atoms with E-state index in [9.17, 15) is 0 Å². The fourth-order valence-corrected chi connectivity index (χ4v) is 3.47. The van der Waals surface area contributed by atoms with Crippen LogP contribution in [0.2, 0.25) is 0 Å². The van der Waals surface area contributed by atoms with Crippen molar-refractivity contribution in [2.45, 2.75) is 0 Å². The maximum Gasteiger partial charge on any atom is 0.0675 e. The number of nitrogens with zero attached hydrogens (tertiary/aromatic N) is 2. The zero-order valence-corrected chi connectivity index (χ0v) is 12.7. The summed E-state index contributed by atoms with van der Waals surface area (Å²) < 4.78 is 2.21. The minimum absolute atomic E-state index is 1.17. The molecular weight excluding hydrogens is 282 g/mol. The van der Waals surface area contributed by atoms with Crippen LogP contribution in [0, 0.1) is 0 Å². The lowest BCUT2D eigenvalue weighted by Gasteiger charge is -2.04. The lowest BCUT2D eigenvalue weighted by Crippen LogP contribution is -1.86. The number of hydrogen-bond acceptors (Lipinski definition) is 1. The van der Waals surface area contributed by atoms with Crippen LogP contribution in [0.5, 0.6) is 0 Å². The molecule has 3 aromatic heterocycles. The van der Waals surface area contributed by atoms with Gasteiger partial charge in [0.15, 0.2) is 0 Å². The van der Waals surface area contributed by atoms with E-state index >= 15 is 0 Å². The number of pyridine rings is 1. The quantitative estimate of drug-likeness (QED) is 0.470. The van der Waals surface area contributed by atoms with E-state index in [1.54, 1.807) is 0 Å². The van der Waals surface area contributed by atoms with Crippen LogP contribution in [0.1, 0.15) is 0 Å². The molecule has 0 aliphatic carbocycles. The smallest absolute Gasteiger partial charge is 0.0675 e. The summed E-state index contributed by atoms with van der Waals surface area (Å²) in [4.78, 5) is 7.50. The molecule has 0 saturated carbocycles. The van der Waals surface area contributed by atoms with Crippen LogP contribution in [0.3, 0.4) is 0 Å². The van der Waals surface area contributed by atoms with E-state index in [4.69, 9.17) is 0 Å². The molecule has 2 aromatic carbocycles. The number of nitrogens with one attached hydrogen (secondary N) is 1. The van der Waals surface area contributed by atoms with Crippen molar-refractivity contribution in [1.82, 2.24) is 14.5 Å². The third-order valence-electron chi connectivity index (χ3n) is 4.70. The first-order chi connectivity index (χ1) is 11.3. The van der Waals surface area contributed by atoms with Gasteiger partial charge in [0.25, 0.3) is 0 Å². The van der Waals surface area contributed by atoms with Crippen LogP contribution in [0.4, 0.5) is 0 Å². The van der Waals surface area contributed by atoms with E-state index in [2.05, 4.69) is 70.1 Å². The molecule has 23 heavy (non-hydrogen) atoms. The number of aromatic nitrogens is 3. The number of H-pyrrole nitrogens is 1. The third kappa shape index (κ3) is 1.73. The standard InChI is InChI=1S/C20H15N3/c1-23-19-5-3-14(11-17(19)16-7-8-21-12-20(16)23)13-2-4-18-15(10-13)6-9-22-18/h2-12,22H,1H3. The molecular formula is C20H15N3. The Morgan fingerprint density at radius 1 is 0.870 bits per heavy atom. The van der Waals surface area contributed by atoms with Crippen molar-refractivity contribution in [3.05, 3.63) is 67.1 Å². The first-order valence-corrected chi connectivity index (χ1v) is 7.71. The second-order valence-corrected chi connectivity index (χ2v) is 5.96. The Balaban J connectivity index is 1.80. The van der Waals surface area contributed by atoms with E-state index in [1.807, 2.05) is 18.6 Å². The molecule has 0 spiro atoms. The molecule has 1 N–H and O–H groups in total. The first kappa shape index (κ1) is 12.5. The van der Waals surface area contributed by atoms with Crippen molar-refractivity contribution in [2.75, 3.05) is 0 Å². The van der Waals surface area contributed by atoms with Gasteiger partial charge in [-0.3, -0.25) is 4.98 Å². The molecule has 0 aliphatic rings. The minimum atomic E-state index is 1.17. The molecule has 0 atom stereocenters. The van der Waals surface area contributed by atoms with Gasteiger partial charge in [0.05, 0.1) is 11.7 Å². The van der Waals surface area contributed by atoms with Gasteiger partial charge in [-0.05, 0) is 52.9 Å². The first-order valence-electron chi connectivity index (χ1n) is 7.71. The highest BCUT2D eigenvalue weighted by Gasteiger charge is 2.09. The minimum Gasteiger partial charge on any atom is -0.361 e. The van der Waals surface area contributed by atoms with E-state index in [0.717, 1.165) is 0 Å². The van der Waals surface area contributed by atoms with Gasteiger partial charge in [-0.15, -0.1) is 0 Å². The molecule has 0 aliphatic heterocycles. The Kier molecular flexibility index (Phi) is 2.42. The molecule has 5 rings (SSSR count). The molecule has 3 heterocycles. The van der Waals surface area contributed by atoms with Crippen LogP contribution < -0.4 is 0 Å². The largest absolute Gasteiger partial charge is 0.361 e. The van der Waals surface area contributed by atoms with Crippen LogP contribution in [-0.4, -0.2) is 14.5 Å². The Morgan fingerprint density at radius 3 is 2.70 bits per heavy atom. The van der Waals surface area contributed by atoms with Gasteiger partial charge in [0.1, 0.15) is 0 Å². The third-order valence-corrected chi connectivity index (χ3v) is 4.70. The maximum atomic E-state index is 4.25. The molecule has 0 unspecified atom stereocenters.